The lowest BCUT2D eigenvalue weighted by molar-refractivity contribution is 0.461. The number of aryl methyl sites for hydroxylation is 2. The number of aromatic nitrogens is 4. The predicted octanol–water partition coefficient (Wildman–Crippen LogP) is 2.72. The van der Waals surface area contributed by atoms with Crippen molar-refractivity contribution in [3.05, 3.63) is 54.2 Å². The number of fused-ring (bicyclic) bond motifs is 1. The number of hydrogen-bond acceptors (Lipinski definition) is 3. The van der Waals surface area contributed by atoms with Crippen molar-refractivity contribution in [2.75, 3.05) is 20.1 Å². The van der Waals surface area contributed by atoms with E-state index in [1.54, 1.807) is 0 Å². The van der Waals surface area contributed by atoms with Crippen LogP contribution in [0.15, 0.2) is 47.7 Å². The zero-order chi connectivity index (χ0) is 18.4. The van der Waals surface area contributed by atoms with E-state index in [9.17, 15) is 0 Å². The largest absolute Gasteiger partial charge is 0.357 e. The van der Waals surface area contributed by atoms with E-state index >= 15 is 0 Å². The lowest BCUT2D eigenvalue weighted by atomic mass is 10.3. The fourth-order valence-electron chi connectivity index (χ4n) is 2.93. The van der Waals surface area contributed by atoms with E-state index in [0.717, 1.165) is 49.9 Å². The second-order valence-corrected chi connectivity index (χ2v) is 6.35. The van der Waals surface area contributed by atoms with Crippen molar-refractivity contribution in [1.29, 1.82) is 0 Å². The standard InChI is InChI=1S/C19H27N7.HI/c1-4-20-19(25(3)15-16-9-8-13-24(16)2)21-12-7-11-18-23-22-17-10-5-6-14-26(17)18;/h5-6,8-10,13-14H,4,7,11-12,15H2,1-3H3,(H,20,21);1H. The van der Waals surface area contributed by atoms with Crippen molar-refractivity contribution >= 4 is 35.6 Å². The third-order valence-electron chi connectivity index (χ3n) is 4.35. The van der Waals surface area contributed by atoms with Crippen LogP contribution in [0.5, 0.6) is 0 Å². The highest BCUT2D eigenvalue weighted by molar-refractivity contribution is 14.0. The molecular weight excluding hydrogens is 453 g/mol. The molecule has 146 valence electrons. The van der Waals surface area contributed by atoms with Gasteiger partial charge in [-0.1, -0.05) is 6.07 Å². The summed E-state index contributed by atoms with van der Waals surface area (Å²) in [7, 11) is 4.14. The molecule has 0 spiro atoms. The molecule has 0 atom stereocenters. The molecule has 0 fully saturated rings. The Hall–Kier alpha value is -2.10. The molecule has 0 aliphatic heterocycles. The van der Waals surface area contributed by atoms with Gasteiger partial charge in [0, 0.05) is 51.7 Å². The highest BCUT2D eigenvalue weighted by Gasteiger charge is 2.08. The number of guanidine groups is 1. The molecule has 3 heterocycles. The summed E-state index contributed by atoms with van der Waals surface area (Å²) >= 11 is 0. The van der Waals surface area contributed by atoms with Gasteiger partial charge in [-0.2, -0.15) is 0 Å². The van der Waals surface area contributed by atoms with E-state index in [4.69, 9.17) is 4.99 Å². The van der Waals surface area contributed by atoms with Crippen LogP contribution in [-0.2, 0) is 20.0 Å². The maximum Gasteiger partial charge on any atom is 0.194 e. The van der Waals surface area contributed by atoms with Crippen molar-refractivity contribution in [1.82, 2.24) is 29.4 Å². The molecule has 0 aliphatic carbocycles. The molecule has 3 rings (SSSR count). The van der Waals surface area contributed by atoms with E-state index < -0.39 is 0 Å². The number of nitrogens with one attached hydrogen (secondary N) is 1. The average Bonchev–Trinajstić information content (AvgIpc) is 3.24. The second kappa shape index (κ2) is 10.3. The van der Waals surface area contributed by atoms with Gasteiger partial charge in [-0.3, -0.25) is 9.39 Å². The molecule has 0 unspecified atom stereocenters. The SMILES string of the molecule is CCNC(=NCCCc1nnc2ccccn12)N(C)Cc1cccn1C.I. The summed E-state index contributed by atoms with van der Waals surface area (Å²) < 4.78 is 4.17. The monoisotopic (exact) mass is 481 g/mol. The van der Waals surface area contributed by atoms with Crippen LogP contribution >= 0.6 is 24.0 Å². The van der Waals surface area contributed by atoms with E-state index in [-0.39, 0.29) is 24.0 Å². The van der Waals surface area contributed by atoms with Gasteiger partial charge in [0.1, 0.15) is 5.82 Å². The molecule has 27 heavy (non-hydrogen) atoms. The number of rotatable bonds is 7. The molecule has 0 amide bonds. The van der Waals surface area contributed by atoms with Crippen LogP contribution < -0.4 is 5.32 Å². The van der Waals surface area contributed by atoms with Gasteiger partial charge in [0.15, 0.2) is 11.6 Å². The predicted molar refractivity (Wildman–Crippen MR) is 120 cm³/mol. The quantitative estimate of drug-likeness (QED) is 0.244. The average molecular weight is 481 g/mol. The van der Waals surface area contributed by atoms with E-state index in [0.29, 0.717) is 0 Å². The van der Waals surface area contributed by atoms with Gasteiger partial charge in [-0.25, -0.2) is 0 Å². The highest BCUT2D eigenvalue weighted by atomic mass is 127. The summed E-state index contributed by atoms with van der Waals surface area (Å²) in [6, 6.07) is 10.1. The number of hydrogen-bond donors (Lipinski definition) is 1. The number of nitrogens with zero attached hydrogens (tertiary/aromatic N) is 6. The highest BCUT2D eigenvalue weighted by Crippen LogP contribution is 2.06. The molecule has 1 N–H and O–H groups in total. The lowest BCUT2D eigenvalue weighted by Crippen LogP contribution is -2.38. The Labute approximate surface area is 177 Å². The van der Waals surface area contributed by atoms with Crippen LogP contribution in [0, 0.1) is 0 Å². The first-order valence-corrected chi connectivity index (χ1v) is 9.07. The molecule has 0 aromatic carbocycles. The van der Waals surface area contributed by atoms with Crippen molar-refractivity contribution in [3.63, 3.8) is 0 Å². The van der Waals surface area contributed by atoms with E-state index in [1.807, 2.05) is 28.8 Å². The van der Waals surface area contributed by atoms with Crippen molar-refractivity contribution in [2.24, 2.45) is 12.0 Å². The van der Waals surface area contributed by atoms with Crippen LogP contribution in [0.3, 0.4) is 0 Å². The molecule has 0 saturated heterocycles. The minimum absolute atomic E-state index is 0. The normalized spacial score (nSPS) is 11.4. The minimum atomic E-state index is 0. The molecule has 8 heteroatoms. The fraction of sp³-hybridized carbons (Fsp3) is 0.421. The third-order valence-corrected chi connectivity index (χ3v) is 4.35. The molecular formula is C19H28IN7. The van der Waals surface area contributed by atoms with Gasteiger partial charge < -0.3 is 14.8 Å². The van der Waals surface area contributed by atoms with E-state index in [2.05, 4.69) is 64.3 Å². The number of pyridine rings is 1. The Bertz CT molecular complexity index is 868. The Kier molecular flexibility index (Phi) is 8.08. The Morgan fingerprint density at radius 3 is 2.78 bits per heavy atom. The Balaban J connectivity index is 0.00000261. The van der Waals surface area contributed by atoms with Crippen LogP contribution in [0.2, 0.25) is 0 Å². The van der Waals surface area contributed by atoms with Crippen molar-refractivity contribution in [3.8, 4) is 0 Å². The summed E-state index contributed by atoms with van der Waals surface area (Å²) in [5.41, 5.74) is 2.15. The maximum absolute atomic E-state index is 4.77. The van der Waals surface area contributed by atoms with E-state index in [1.165, 1.54) is 5.69 Å². The molecule has 7 nitrogen and oxygen atoms in total. The van der Waals surface area contributed by atoms with Crippen LogP contribution in [-0.4, -0.2) is 50.2 Å². The topological polar surface area (TPSA) is 62.8 Å². The van der Waals surface area contributed by atoms with Crippen LogP contribution in [0.4, 0.5) is 0 Å². The summed E-state index contributed by atoms with van der Waals surface area (Å²) in [5.74, 6) is 1.91. The third kappa shape index (κ3) is 5.44. The smallest absolute Gasteiger partial charge is 0.194 e. The Morgan fingerprint density at radius 2 is 2.04 bits per heavy atom. The van der Waals surface area contributed by atoms with Crippen molar-refractivity contribution < 1.29 is 0 Å². The molecule has 3 aromatic heterocycles. The molecule has 3 aromatic rings. The Morgan fingerprint density at radius 1 is 1.19 bits per heavy atom. The van der Waals surface area contributed by atoms with Crippen LogP contribution in [0.25, 0.3) is 5.65 Å². The number of aliphatic imine (C=N–C) groups is 1. The maximum atomic E-state index is 4.77. The molecule has 0 aliphatic rings. The first-order valence-electron chi connectivity index (χ1n) is 9.07. The van der Waals surface area contributed by atoms with Gasteiger partial charge >= 0.3 is 0 Å². The number of halogens is 1. The molecule has 0 radical (unpaired) electrons. The second-order valence-electron chi connectivity index (χ2n) is 6.35. The summed E-state index contributed by atoms with van der Waals surface area (Å²) in [4.78, 5) is 6.93. The summed E-state index contributed by atoms with van der Waals surface area (Å²) in [6.45, 7) is 4.52. The zero-order valence-corrected chi connectivity index (χ0v) is 18.5. The van der Waals surface area contributed by atoms with Gasteiger partial charge in [-0.05, 0) is 37.6 Å². The summed E-state index contributed by atoms with van der Waals surface area (Å²) in [6.07, 6.45) is 5.86. The van der Waals surface area contributed by atoms with Gasteiger partial charge in [0.2, 0.25) is 0 Å². The minimum Gasteiger partial charge on any atom is -0.357 e. The molecule has 0 bridgehead atoms. The van der Waals surface area contributed by atoms with Gasteiger partial charge in [0.25, 0.3) is 0 Å². The lowest BCUT2D eigenvalue weighted by Gasteiger charge is -2.22. The fourth-order valence-corrected chi connectivity index (χ4v) is 2.93. The van der Waals surface area contributed by atoms with Crippen LogP contribution in [0.1, 0.15) is 24.9 Å². The van der Waals surface area contributed by atoms with Gasteiger partial charge in [0.05, 0.1) is 6.54 Å². The zero-order valence-electron chi connectivity index (χ0n) is 16.2. The first kappa shape index (κ1) is 21.2. The van der Waals surface area contributed by atoms with Gasteiger partial charge in [-0.15, -0.1) is 34.2 Å². The summed E-state index contributed by atoms with van der Waals surface area (Å²) in [5, 5.41) is 11.8. The first-order chi connectivity index (χ1) is 12.7. The molecule has 0 saturated carbocycles. The van der Waals surface area contributed by atoms with Crippen molar-refractivity contribution in [2.45, 2.75) is 26.3 Å².